The van der Waals surface area contributed by atoms with Crippen LogP contribution in [0.15, 0.2) is 18.2 Å². The van der Waals surface area contributed by atoms with Crippen molar-refractivity contribution in [1.82, 2.24) is 5.06 Å². The SMILES string of the molecule is COc1ccc(CCC(=O)N(C)OC)cc1F. The largest absolute Gasteiger partial charge is 0.494 e. The van der Waals surface area contributed by atoms with Gasteiger partial charge in [0.2, 0.25) is 5.91 Å². The Labute approximate surface area is 99.9 Å². The highest BCUT2D eigenvalue weighted by Crippen LogP contribution is 2.18. The molecule has 0 N–H and O–H groups in total. The Morgan fingerprint density at radius 1 is 1.41 bits per heavy atom. The average Bonchev–Trinajstić information content (AvgIpc) is 2.35. The molecule has 0 bridgehead atoms. The van der Waals surface area contributed by atoms with Crippen molar-refractivity contribution in [2.45, 2.75) is 12.8 Å². The van der Waals surface area contributed by atoms with E-state index in [0.29, 0.717) is 6.42 Å². The molecule has 4 nitrogen and oxygen atoms in total. The maximum absolute atomic E-state index is 13.4. The van der Waals surface area contributed by atoms with Crippen LogP contribution in [0.2, 0.25) is 0 Å². The van der Waals surface area contributed by atoms with Crippen molar-refractivity contribution in [3.63, 3.8) is 0 Å². The maximum atomic E-state index is 13.4. The molecule has 0 atom stereocenters. The molecule has 0 radical (unpaired) electrons. The van der Waals surface area contributed by atoms with Crippen molar-refractivity contribution in [1.29, 1.82) is 0 Å². The van der Waals surface area contributed by atoms with Gasteiger partial charge in [-0.2, -0.15) is 0 Å². The number of nitrogens with zero attached hydrogens (tertiary/aromatic N) is 1. The topological polar surface area (TPSA) is 38.8 Å². The van der Waals surface area contributed by atoms with Crippen LogP contribution in [-0.4, -0.2) is 32.2 Å². The van der Waals surface area contributed by atoms with Gasteiger partial charge in [0.15, 0.2) is 11.6 Å². The summed E-state index contributed by atoms with van der Waals surface area (Å²) in [5.74, 6) is -0.365. The second-order valence-electron chi connectivity index (χ2n) is 3.54. The molecule has 1 aromatic rings. The van der Waals surface area contributed by atoms with E-state index in [2.05, 4.69) is 0 Å². The summed E-state index contributed by atoms with van der Waals surface area (Å²) in [5, 5.41) is 1.15. The molecule has 0 saturated carbocycles. The van der Waals surface area contributed by atoms with Gasteiger partial charge in [0.25, 0.3) is 0 Å². The van der Waals surface area contributed by atoms with Crippen LogP contribution in [-0.2, 0) is 16.1 Å². The van der Waals surface area contributed by atoms with Crippen molar-refractivity contribution in [2.75, 3.05) is 21.3 Å². The molecular formula is C12H16FNO3. The molecule has 0 aliphatic rings. The van der Waals surface area contributed by atoms with Crippen LogP contribution in [0.1, 0.15) is 12.0 Å². The number of carbonyl (C=O) groups excluding carboxylic acids is 1. The predicted molar refractivity (Wildman–Crippen MR) is 61.1 cm³/mol. The van der Waals surface area contributed by atoms with Crippen LogP contribution < -0.4 is 4.74 Å². The molecule has 0 unspecified atom stereocenters. The molecule has 1 aromatic carbocycles. The molecular weight excluding hydrogens is 225 g/mol. The number of ether oxygens (including phenoxy) is 1. The minimum atomic E-state index is -0.419. The van der Waals surface area contributed by atoms with Gasteiger partial charge in [0.05, 0.1) is 14.2 Å². The molecule has 17 heavy (non-hydrogen) atoms. The summed E-state index contributed by atoms with van der Waals surface area (Å²) in [7, 11) is 4.37. The number of rotatable bonds is 5. The molecule has 0 heterocycles. The Hall–Kier alpha value is -1.62. The van der Waals surface area contributed by atoms with Crippen LogP contribution in [0.5, 0.6) is 5.75 Å². The first-order valence-electron chi connectivity index (χ1n) is 5.21. The van der Waals surface area contributed by atoms with E-state index < -0.39 is 5.82 Å². The molecule has 94 valence electrons. The lowest BCUT2D eigenvalue weighted by atomic mass is 10.1. The highest BCUT2D eigenvalue weighted by Gasteiger charge is 2.09. The number of carbonyl (C=O) groups is 1. The highest BCUT2D eigenvalue weighted by atomic mass is 19.1. The zero-order valence-corrected chi connectivity index (χ0v) is 10.2. The minimum Gasteiger partial charge on any atom is -0.494 e. The number of amides is 1. The van der Waals surface area contributed by atoms with Gasteiger partial charge >= 0.3 is 0 Å². The fourth-order valence-electron chi connectivity index (χ4n) is 1.38. The van der Waals surface area contributed by atoms with E-state index in [1.165, 1.54) is 27.3 Å². The monoisotopic (exact) mass is 241 g/mol. The lowest BCUT2D eigenvalue weighted by Gasteiger charge is -2.13. The quantitative estimate of drug-likeness (QED) is 0.738. The van der Waals surface area contributed by atoms with Gasteiger partial charge in [-0.05, 0) is 24.1 Å². The van der Waals surface area contributed by atoms with Crippen LogP contribution in [0.25, 0.3) is 0 Å². The summed E-state index contributed by atoms with van der Waals surface area (Å²) in [4.78, 5) is 16.2. The molecule has 0 aromatic heterocycles. The van der Waals surface area contributed by atoms with Gasteiger partial charge in [-0.25, -0.2) is 9.45 Å². The van der Waals surface area contributed by atoms with Gasteiger partial charge in [0, 0.05) is 13.5 Å². The van der Waals surface area contributed by atoms with E-state index in [1.54, 1.807) is 12.1 Å². The molecule has 0 aliphatic carbocycles. The summed E-state index contributed by atoms with van der Waals surface area (Å²) < 4.78 is 18.2. The van der Waals surface area contributed by atoms with Gasteiger partial charge in [-0.3, -0.25) is 9.63 Å². The number of aryl methyl sites for hydroxylation is 1. The van der Waals surface area contributed by atoms with E-state index >= 15 is 0 Å². The Kier molecular flexibility index (Phi) is 4.90. The second-order valence-corrected chi connectivity index (χ2v) is 3.54. The maximum Gasteiger partial charge on any atom is 0.246 e. The smallest absolute Gasteiger partial charge is 0.246 e. The first kappa shape index (κ1) is 13.4. The first-order valence-corrected chi connectivity index (χ1v) is 5.21. The summed E-state index contributed by atoms with van der Waals surface area (Å²) in [6.45, 7) is 0. The van der Waals surface area contributed by atoms with E-state index in [0.717, 1.165) is 10.6 Å². The number of methoxy groups -OCH3 is 1. The Morgan fingerprint density at radius 2 is 2.12 bits per heavy atom. The van der Waals surface area contributed by atoms with Crippen LogP contribution >= 0.6 is 0 Å². The van der Waals surface area contributed by atoms with Crippen molar-refractivity contribution in [3.8, 4) is 5.75 Å². The number of halogens is 1. The normalized spacial score (nSPS) is 10.1. The average molecular weight is 241 g/mol. The number of hydrogen-bond donors (Lipinski definition) is 0. The number of hydroxylamine groups is 2. The van der Waals surface area contributed by atoms with E-state index in [4.69, 9.17) is 9.57 Å². The molecule has 0 spiro atoms. The zero-order valence-electron chi connectivity index (χ0n) is 10.2. The number of hydrogen-bond acceptors (Lipinski definition) is 3. The first-order chi connectivity index (χ1) is 8.08. The van der Waals surface area contributed by atoms with Crippen molar-refractivity contribution < 1.29 is 18.8 Å². The highest BCUT2D eigenvalue weighted by molar-refractivity contribution is 5.75. The Morgan fingerprint density at radius 3 is 2.65 bits per heavy atom. The third kappa shape index (κ3) is 3.71. The summed E-state index contributed by atoms with van der Waals surface area (Å²) in [6.07, 6.45) is 0.740. The molecule has 0 aliphatic heterocycles. The fourth-order valence-corrected chi connectivity index (χ4v) is 1.38. The predicted octanol–water partition coefficient (Wildman–Crippen LogP) is 1.79. The fraction of sp³-hybridized carbons (Fsp3) is 0.417. The van der Waals surface area contributed by atoms with E-state index in [-0.39, 0.29) is 18.1 Å². The minimum absolute atomic E-state index is 0.149. The zero-order chi connectivity index (χ0) is 12.8. The number of benzene rings is 1. The molecule has 0 fully saturated rings. The second kappa shape index (κ2) is 6.20. The lowest BCUT2D eigenvalue weighted by Crippen LogP contribution is -2.25. The van der Waals surface area contributed by atoms with Gasteiger partial charge < -0.3 is 4.74 Å². The molecule has 0 saturated heterocycles. The van der Waals surface area contributed by atoms with Gasteiger partial charge in [-0.1, -0.05) is 6.07 Å². The molecule has 5 heteroatoms. The van der Waals surface area contributed by atoms with E-state index in [9.17, 15) is 9.18 Å². The van der Waals surface area contributed by atoms with Gasteiger partial charge in [-0.15, -0.1) is 0 Å². The summed E-state index contributed by atoms with van der Waals surface area (Å²) in [5.41, 5.74) is 0.751. The Balaban J connectivity index is 2.58. The Bertz CT molecular complexity index is 395. The molecule has 1 rings (SSSR count). The van der Waals surface area contributed by atoms with Crippen molar-refractivity contribution in [2.24, 2.45) is 0 Å². The van der Waals surface area contributed by atoms with E-state index in [1.807, 2.05) is 0 Å². The third-order valence-electron chi connectivity index (χ3n) is 2.47. The van der Waals surface area contributed by atoms with Crippen molar-refractivity contribution in [3.05, 3.63) is 29.6 Å². The standard InChI is InChI=1S/C12H16FNO3/c1-14(17-3)12(15)7-5-9-4-6-11(16-2)10(13)8-9/h4,6,8H,5,7H2,1-3H3. The van der Waals surface area contributed by atoms with Crippen LogP contribution in [0, 0.1) is 5.82 Å². The van der Waals surface area contributed by atoms with Gasteiger partial charge in [0.1, 0.15) is 0 Å². The van der Waals surface area contributed by atoms with Crippen LogP contribution in [0.4, 0.5) is 4.39 Å². The molecule has 1 amide bonds. The summed E-state index contributed by atoms with van der Waals surface area (Å²) in [6, 6.07) is 4.66. The van der Waals surface area contributed by atoms with Crippen molar-refractivity contribution >= 4 is 5.91 Å². The van der Waals surface area contributed by atoms with Crippen LogP contribution in [0.3, 0.4) is 0 Å². The summed E-state index contributed by atoms with van der Waals surface area (Å²) >= 11 is 0. The third-order valence-corrected chi connectivity index (χ3v) is 2.47. The lowest BCUT2D eigenvalue weighted by molar-refractivity contribution is -0.168.